The molecule has 0 bridgehead atoms. The number of para-hydroxylation sites is 1. The minimum atomic E-state index is 0.488. The number of nitrogens with zero attached hydrogens (tertiary/aromatic N) is 3. The van der Waals surface area contributed by atoms with Crippen LogP contribution in [0.1, 0.15) is 13.8 Å². The van der Waals surface area contributed by atoms with Crippen molar-refractivity contribution in [3.05, 3.63) is 30.6 Å². The molecule has 1 fully saturated rings. The van der Waals surface area contributed by atoms with Crippen LogP contribution in [0.2, 0.25) is 0 Å². The van der Waals surface area contributed by atoms with E-state index in [-0.39, 0.29) is 0 Å². The molecule has 2 atom stereocenters. The lowest BCUT2D eigenvalue weighted by Gasteiger charge is -2.37. The highest BCUT2D eigenvalue weighted by atomic mass is 15.3. The van der Waals surface area contributed by atoms with Gasteiger partial charge in [0.25, 0.3) is 0 Å². The molecule has 1 aliphatic heterocycles. The smallest absolute Gasteiger partial charge is 0.139 e. The van der Waals surface area contributed by atoms with Gasteiger partial charge >= 0.3 is 0 Å². The van der Waals surface area contributed by atoms with Gasteiger partial charge in [-0.3, -0.25) is 0 Å². The van der Waals surface area contributed by atoms with Gasteiger partial charge in [0, 0.05) is 30.6 Å². The Labute approximate surface area is 107 Å². The van der Waals surface area contributed by atoms with Gasteiger partial charge in [-0.1, -0.05) is 12.1 Å². The molecule has 18 heavy (non-hydrogen) atoms. The molecule has 3 rings (SSSR count). The Morgan fingerprint density at radius 1 is 1.11 bits per heavy atom. The first-order valence-corrected chi connectivity index (χ1v) is 6.45. The van der Waals surface area contributed by atoms with E-state index in [1.165, 1.54) is 0 Å². The molecule has 4 nitrogen and oxygen atoms in total. The van der Waals surface area contributed by atoms with Crippen LogP contribution < -0.4 is 10.2 Å². The van der Waals surface area contributed by atoms with Gasteiger partial charge in [-0.25, -0.2) is 9.97 Å². The lowest BCUT2D eigenvalue weighted by atomic mass is 10.1. The summed E-state index contributed by atoms with van der Waals surface area (Å²) >= 11 is 0. The highest BCUT2D eigenvalue weighted by Crippen LogP contribution is 2.24. The first-order chi connectivity index (χ1) is 8.74. The molecule has 0 aliphatic carbocycles. The molecule has 1 N–H and O–H groups in total. The highest BCUT2D eigenvalue weighted by Gasteiger charge is 2.23. The number of hydrogen-bond acceptors (Lipinski definition) is 4. The summed E-state index contributed by atoms with van der Waals surface area (Å²) in [5.41, 5.74) is 1.02. The Morgan fingerprint density at radius 2 is 1.83 bits per heavy atom. The van der Waals surface area contributed by atoms with Crippen molar-refractivity contribution in [2.75, 3.05) is 18.0 Å². The zero-order chi connectivity index (χ0) is 12.5. The van der Waals surface area contributed by atoms with E-state index < -0.39 is 0 Å². The van der Waals surface area contributed by atoms with E-state index in [4.69, 9.17) is 0 Å². The third-order valence-electron chi connectivity index (χ3n) is 3.38. The Hall–Kier alpha value is -1.68. The molecule has 94 valence electrons. The molecule has 1 saturated heterocycles. The maximum absolute atomic E-state index is 4.49. The number of nitrogens with one attached hydrogen (secondary N) is 1. The van der Waals surface area contributed by atoms with E-state index in [0.29, 0.717) is 12.1 Å². The zero-order valence-corrected chi connectivity index (χ0v) is 10.8. The lowest BCUT2D eigenvalue weighted by molar-refractivity contribution is 0.406. The van der Waals surface area contributed by atoms with Crippen LogP contribution in [-0.4, -0.2) is 35.1 Å². The average Bonchev–Trinajstić information content (AvgIpc) is 2.37. The van der Waals surface area contributed by atoms with Gasteiger partial charge in [0.1, 0.15) is 12.1 Å². The van der Waals surface area contributed by atoms with Gasteiger partial charge in [0.15, 0.2) is 0 Å². The van der Waals surface area contributed by atoms with Crippen LogP contribution in [0.5, 0.6) is 0 Å². The predicted molar refractivity (Wildman–Crippen MR) is 73.8 cm³/mol. The normalized spacial score (nSPS) is 24.4. The predicted octanol–water partition coefficient (Wildman–Crippen LogP) is 1.82. The number of piperazine rings is 1. The summed E-state index contributed by atoms with van der Waals surface area (Å²) in [6.07, 6.45) is 1.66. The van der Waals surface area contributed by atoms with Crippen LogP contribution in [-0.2, 0) is 0 Å². The third-order valence-corrected chi connectivity index (χ3v) is 3.38. The van der Waals surface area contributed by atoms with Gasteiger partial charge < -0.3 is 10.2 Å². The van der Waals surface area contributed by atoms with Crippen molar-refractivity contribution in [1.82, 2.24) is 15.3 Å². The average molecular weight is 242 g/mol. The van der Waals surface area contributed by atoms with Crippen LogP contribution in [0.4, 0.5) is 5.82 Å². The van der Waals surface area contributed by atoms with E-state index in [1.807, 2.05) is 18.2 Å². The van der Waals surface area contributed by atoms with E-state index >= 15 is 0 Å². The number of aromatic nitrogens is 2. The third kappa shape index (κ3) is 2.04. The van der Waals surface area contributed by atoms with Gasteiger partial charge in [-0.05, 0) is 26.0 Å². The molecule has 0 radical (unpaired) electrons. The van der Waals surface area contributed by atoms with Crippen LogP contribution in [0, 0.1) is 0 Å². The van der Waals surface area contributed by atoms with E-state index in [2.05, 4.69) is 40.1 Å². The maximum atomic E-state index is 4.49. The Morgan fingerprint density at radius 3 is 2.61 bits per heavy atom. The first-order valence-electron chi connectivity index (χ1n) is 6.45. The summed E-state index contributed by atoms with van der Waals surface area (Å²) in [7, 11) is 0. The van der Waals surface area contributed by atoms with Gasteiger partial charge in [-0.15, -0.1) is 0 Å². The van der Waals surface area contributed by atoms with Crippen LogP contribution in [0.25, 0.3) is 10.9 Å². The molecule has 1 aliphatic rings. The van der Waals surface area contributed by atoms with Crippen molar-refractivity contribution < 1.29 is 0 Å². The largest absolute Gasteiger partial charge is 0.353 e. The number of benzene rings is 1. The molecular weight excluding hydrogens is 224 g/mol. The second kappa shape index (κ2) is 4.53. The number of rotatable bonds is 1. The van der Waals surface area contributed by atoms with Crippen LogP contribution in [0.3, 0.4) is 0 Å². The summed E-state index contributed by atoms with van der Waals surface area (Å²) in [4.78, 5) is 11.2. The highest BCUT2D eigenvalue weighted by molar-refractivity contribution is 5.89. The van der Waals surface area contributed by atoms with E-state index in [1.54, 1.807) is 6.33 Å². The van der Waals surface area contributed by atoms with E-state index in [9.17, 15) is 0 Å². The van der Waals surface area contributed by atoms with Gasteiger partial charge in [0.05, 0.1) is 5.52 Å². The van der Waals surface area contributed by atoms with Crippen LogP contribution >= 0.6 is 0 Å². The summed E-state index contributed by atoms with van der Waals surface area (Å²) in [5, 5.41) is 4.68. The number of fused-ring (bicyclic) bond motifs is 1. The molecule has 2 unspecified atom stereocenters. The fraction of sp³-hybridized carbons (Fsp3) is 0.429. The minimum Gasteiger partial charge on any atom is -0.353 e. The second-order valence-corrected chi connectivity index (χ2v) is 5.09. The standard InChI is InChI=1S/C14H18N4/c1-10-7-18(8-11(2)17-10)14-12-5-3-4-6-13(12)15-9-16-14/h3-6,9-11,17H,7-8H2,1-2H3. The summed E-state index contributed by atoms with van der Waals surface area (Å²) < 4.78 is 0. The van der Waals surface area contributed by atoms with Crippen molar-refractivity contribution in [3.8, 4) is 0 Å². The molecule has 0 saturated carbocycles. The fourth-order valence-electron chi connectivity index (χ4n) is 2.74. The van der Waals surface area contributed by atoms with Crippen LogP contribution in [0.15, 0.2) is 30.6 Å². The molecule has 1 aromatic carbocycles. The van der Waals surface area contributed by atoms with Gasteiger partial charge in [0.2, 0.25) is 0 Å². The molecular formula is C14H18N4. The topological polar surface area (TPSA) is 41.1 Å². The van der Waals surface area contributed by atoms with E-state index in [0.717, 1.165) is 29.8 Å². The summed E-state index contributed by atoms with van der Waals surface area (Å²) in [6, 6.07) is 9.18. The molecule has 0 amide bonds. The molecule has 4 heteroatoms. The molecule has 0 spiro atoms. The minimum absolute atomic E-state index is 0.488. The quantitative estimate of drug-likeness (QED) is 0.828. The monoisotopic (exact) mass is 242 g/mol. The van der Waals surface area contributed by atoms with Crippen molar-refractivity contribution in [3.63, 3.8) is 0 Å². The lowest BCUT2D eigenvalue weighted by Crippen LogP contribution is -2.54. The Kier molecular flexibility index (Phi) is 2.88. The second-order valence-electron chi connectivity index (χ2n) is 5.09. The molecule has 1 aromatic heterocycles. The fourth-order valence-corrected chi connectivity index (χ4v) is 2.74. The SMILES string of the molecule is CC1CN(c2ncnc3ccccc23)CC(C)N1. The van der Waals surface area contributed by atoms with Crippen molar-refractivity contribution in [1.29, 1.82) is 0 Å². The Balaban J connectivity index is 2.03. The molecule has 2 heterocycles. The van der Waals surface area contributed by atoms with Gasteiger partial charge in [-0.2, -0.15) is 0 Å². The first kappa shape index (κ1) is 11.4. The molecule has 2 aromatic rings. The number of hydrogen-bond donors (Lipinski definition) is 1. The van der Waals surface area contributed by atoms with Crippen molar-refractivity contribution >= 4 is 16.7 Å². The summed E-state index contributed by atoms with van der Waals surface area (Å²) in [5.74, 6) is 1.06. The maximum Gasteiger partial charge on any atom is 0.139 e. The summed E-state index contributed by atoms with van der Waals surface area (Å²) in [6.45, 7) is 6.41. The van der Waals surface area contributed by atoms with Crippen molar-refractivity contribution in [2.45, 2.75) is 25.9 Å². The Bertz CT molecular complexity index is 539. The van der Waals surface area contributed by atoms with Crippen molar-refractivity contribution in [2.24, 2.45) is 0 Å². The zero-order valence-electron chi connectivity index (χ0n) is 10.8. The number of anilines is 1.